The Morgan fingerprint density at radius 1 is 1.12 bits per heavy atom. The molecule has 0 unspecified atom stereocenters. The van der Waals surface area contributed by atoms with Crippen LogP contribution in [0.3, 0.4) is 0 Å². The number of hydrogen-bond acceptors (Lipinski definition) is 3. The minimum atomic E-state index is -4.36. The maximum absolute atomic E-state index is 12.3. The zero-order valence-electron chi connectivity index (χ0n) is 12.0. The van der Waals surface area contributed by atoms with Gasteiger partial charge >= 0.3 is 11.5 Å². The lowest BCUT2D eigenvalue weighted by atomic mass is 10.2. The van der Waals surface area contributed by atoms with Crippen molar-refractivity contribution < 1.29 is 23.1 Å². The average Bonchev–Trinajstić information content (AvgIpc) is 2.48. The molecule has 0 aromatic heterocycles. The molecule has 0 saturated carbocycles. The van der Waals surface area contributed by atoms with Crippen molar-refractivity contribution in [2.45, 2.75) is 17.0 Å². The van der Waals surface area contributed by atoms with Gasteiger partial charge in [-0.15, -0.1) is 0 Å². The maximum atomic E-state index is 12.3. The summed E-state index contributed by atoms with van der Waals surface area (Å²) in [6.07, 6.45) is 0. The van der Waals surface area contributed by atoms with E-state index in [1.54, 1.807) is 12.1 Å². The fourth-order valence-corrected chi connectivity index (χ4v) is 2.54. The van der Waals surface area contributed by atoms with Crippen LogP contribution in [0.1, 0.15) is 5.56 Å². The second-order valence-electron chi connectivity index (χ2n) is 4.61. The molecule has 0 saturated heterocycles. The molecule has 2 aromatic rings. The number of anilines is 2. The summed E-state index contributed by atoms with van der Waals surface area (Å²) in [6, 6.07) is 9.25. The molecule has 3 N–H and O–H groups in total. The average molecular weight is 377 g/mol. The van der Waals surface area contributed by atoms with Crippen molar-refractivity contribution in [1.82, 2.24) is 0 Å². The van der Waals surface area contributed by atoms with Gasteiger partial charge in [-0.05, 0) is 48.2 Å². The van der Waals surface area contributed by atoms with E-state index in [0.29, 0.717) is 22.0 Å². The molecule has 0 heterocycles. The summed E-state index contributed by atoms with van der Waals surface area (Å²) in [4.78, 5) is 12.0. The van der Waals surface area contributed by atoms with Gasteiger partial charge in [0.25, 0.3) is 0 Å². The molecule has 0 radical (unpaired) electrons. The monoisotopic (exact) mass is 376 g/mol. The number of thioether (sulfide) groups is 1. The molecule has 0 spiro atoms. The van der Waals surface area contributed by atoms with Crippen molar-refractivity contribution in [2.75, 3.05) is 10.6 Å². The van der Waals surface area contributed by atoms with Gasteiger partial charge in [0.2, 0.25) is 0 Å². The van der Waals surface area contributed by atoms with Gasteiger partial charge in [-0.3, -0.25) is 0 Å². The number of carbonyl (C=O) groups is 1. The van der Waals surface area contributed by atoms with E-state index in [9.17, 15) is 23.1 Å². The normalized spacial score (nSPS) is 11.2. The Balaban J connectivity index is 2.01. The SMILES string of the molecule is O=C(Nc1ccc(SC(F)(F)F)cc1)Nc1cc(Cl)ccc1CO. The van der Waals surface area contributed by atoms with Gasteiger partial charge in [0.05, 0.1) is 6.61 Å². The summed E-state index contributed by atoms with van der Waals surface area (Å²) >= 11 is 5.61. The number of halogens is 4. The number of urea groups is 1. The molecular formula is C15H12ClF3N2O2S. The van der Waals surface area contributed by atoms with Gasteiger partial charge in [0.15, 0.2) is 0 Å². The minimum Gasteiger partial charge on any atom is -0.392 e. The van der Waals surface area contributed by atoms with Crippen molar-refractivity contribution in [3.63, 3.8) is 0 Å². The Bertz CT molecular complexity index is 724. The molecule has 0 bridgehead atoms. The number of benzene rings is 2. The highest BCUT2D eigenvalue weighted by atomic mass is 35.5. The predicted molar refractivity (Wildman–Crippen MR) is 88.4 cm³/mol. The fraction of sp³-hybridized carbons (Fsp3) is 0.133. The lowest BCUT2D eigenvalue weighted by Crippen LogP contribution is -2.20. The highest BCUT2D eigenvalue weighted by Gasteiger charge is 2.29. The molecule has 0 atom stereocenters. The summed E-state index contributed by atoms with van der Waals surface area (Å²) in [6.45, 7) is -0.282. The second-order valence-corrected chi connectivity index (χ2v) is 6.19. The van der Waals surface area contributed by atoms with Crippen molar-refractivity contribution >= 4 is 40.8 Å². The fourth-order valence-electron chi connectivity index (χ4n) is 1.83. The van der Waals surface area contributed by atoms with Gasteiger partial charge in [0.1, 0.15) is 0 Å². The van der Waals surface area contributed by atoms with Crippen LogP contribution in [0.4, 0.5) is 29.3 Å². The topological polar surface area (TPSA) is 61.4 Å². The maximum Gasteiger partial charge on any atom is 0.446 e. The Hall–Kier alpha value is -1.90. The third-order valence-corrected chi connectivity index (χ3v) is 3.81. The molecular weight excluding hydrogens is 365 g/mol. The Kier molecular flexibility index (Phi) is 5.98. The minimum absolute atomic E-state index is 0.0193. The van der Waals surface area contributed by atoms with E-state index >= 15 is 0 Å². The molecule has 0 aliphatic rings. The Morgan fingerprint density at radius 3 is 2.38 bits per heavy atom. The largest absolute Gasteiger partial charge is 0.446 e. The van der Waals surface area contributed by atoms with Crippen molar-refractivity contribution in [2.24, 2.45) is 0 Å². The molecule has 0 aliphatic heterocycles. The summed E-state index contributed by atoms with van der Waals surface area (Å²) in [5.74, 6) is 0. The number of rotatable bonds is 4. The van der Waals surface area contributed by atoms with E-state index < -0.39 is 11.5 Å². The van der Waals surface area contributed by atoms with Crippen LogP contribution in [0.2, 0.25) is 5.02 Å². The van der Waals surface area contributed by atoms with Crippen LogP contribution in [-0.2, 0) is 6.61 Å². The molecule has 2 amide bonds. The first-order valence-electron chi connectivity index (χ1n) is 6.60. The van der Waals surface area contributed by atoms with Crippen LogP contribution in [0, 0.1) is 0 Å². The second kappa shape index (κ2) is 7.78. The molecule has 2 rings (SSSR count). The van der Waals surface area contributed by atoms with E-state index in [-0.39, 0.29) is 23.3 Å². The molecule has 4 nitrogen and oxygen atoms in total. The summed E-state index contributed by atoms with van der Waals surface area (Å²) in [5, 5.41) is 14.6. The first kappa shape index (κ1) is 18.4. The number of carbonyl (C=O) groups excluding carboxylic acids is 1. The number of alkyl halides is 3. The highest BCUT2D eigenvalue weighted by molar-refractivity contribution is 8.00. The molecule has 0 fully saturated rings. The van der Waals surface area contributed by atoms with Crippen LogP contribution >= 0.6 is 23.4 Å². The van der Waals surface area contributed by atoms with E-state index in [2.05, 4.69) is 10.6 Å². The van der Waals surface area contributed by atoms with Gasteiger partial charge in [-0.2, -0.15) is 13.2 Å². The highest BCUT2D eigenvalue weighted by Crippen LogP contribution is 2.37. The van der Waals surface area contributed by atoms with Crippen molar-refractivity contribution in [3.05, 3.63) is 53.1 Å². The first-order chi connectivity index (χ1) is 11.3. The van der Waals surface area contributed by atoms with Gasteiger partial charge < -0.3 is 15.7 Å². The van der Waals surface area contributed by atoms with Crippen molar-refractivity contribution in [3.8, 4) is 0 Å². The van der Waals surface area contributed by atoms with Gasteiger partial charge in [-0.25, -0.2) is 4.79 Å². The first-order valence-corrected chi connectivity index (χ1v) is 7.79. The van der Waals surface area contributed by atoms with E-state index in [1.165, 1.54) is 30.3 Å². The van der Waals surface area contributed by atoms with Crippen molar-refractivity contribution in [1.29, 1.82) is 0 Å². The smallest absolute Gasteiger partial charge is 0.392 e. The summed E-state index contributed by atoms with van der Waals surface area (Å²) in [7, 11) is 0. The van der Waals surface area contributed by atoms with Crippen LogP contribution in [0.5, 0.6) is 0 Å². The molecule has 0 aliphatic carbocycles. The number of hydrogen-bond donors (Lipinski definition) is 3. The van der Waals surface area contributed by atoms with Crippen LogP contribution in [0.15, 0.2) is 47.4 Å². The van der Waals surface area contributed by atoms with E-state index in [4.69, 9.17) is 11.6 Å². The zero-order valence-corrected chi connectivity index (χ0v) is 13.6. The Morgan fingerprint density at radius 2 is 1.79 bits per heavy atom. The van der Waals surface area contributed by atoms with Gasteiger partial charge in [0, 0.05) is 26.9 Å². The number of nitrogens with one attached hydrogen (secondary N) is 2. The number of amides is 2. The van der Waals surface area contributed by atoms with E-state index in [0.717, 1.165) is 0 Å². The third-order valence-electron chi connectivity index (χ3n) is 2.84. The van der Waals surface area contributed by atoms with Crippen LogP contribution in [-0.4, -0.2) is 16.6 Å². The summed E-state index contributed by atoms with van der Waals surface area (Å²) in [5.41, 5.74) is -3.22. The molecule has 128 valence electrons. The number of aliphatic hydroxyl groups is 1. The van der Waals surface area contributed by atoms with Gasteiger partial charge in [-0.1, -0.05) is 17.7 Å². The lowest BCUT2D eigenvalue weighted by Gasteiger charge is -2.12. The lowest BCUT2D eigenvalue weighted by molar-refractivity contribution is -0.0328. The third kappa shape index (κ3) is 5.63. The summed E-state index contributed by atoms with van der Waals surface area (Å²) < 4.78 is 36.8. The van der Waals surface area contributed by atoms with Crippen LogP contribution < -0.4 is 10.6 Å². The molecule has 24 heavy (non-hydrogen) atoms. The molecule has 9 heteroatoms. The molecule has 2 aromatic carbocycles. The van der Waals surface area contributed by atoms with E-state index in [1.807, 2.05) is 0 Å². The standard InChI is InChI=1S/C15H12ClF3N2O2S/c16-10-2-1-9(8-22)13(7-10)21-14(23)20-11-3-5-12(6-4-11)24-15(17,18)19/h1-7,22H,8H2,(H2,20,21,23). The van der Waals surface area contributed by atoms with Crippen LogP contribution in [0.25, 0.3) is 0 Å². The quantitative estimate of drug-likeness (QED) is 0.651. The predicted octanol–water partition coefficient (Wildman–Crippen LogP) is 5.09. The number of aliphatic hydroxyl groups excluding tert-OH is 1. The zero-order chi connectivity index (χ0) is 17.7. The Labute approximate surface area is 145 Å².